The molecule has 3 atom stereocenters. The number of halogens is 1. The fourth-order valence-corrected chi connectivity index (χ4v) is 7.36. The number of benzene rings is 1. The maximum atomic E-state index is 14.3. The summed E-state index contributed by atoms with van der Waals surface area (Å²) in [6.45, 7) is 2.97. The van der Waals surface area contributed by atoms with Crippen LogP contribution in [0.3, 0.4) is 0 Å². The van der Waals surface area contributed by atoms with Gasteiger partial charge in [-0.05, 0) is 87.0 Å². The van der Waals surface area contributed by atoms with E-state index in [-0.39, 0.29) is 24.7 Å². The molecule has 1 aliphatic rings. The Morgan fingerprint density at radius 3 is 2.21 bits per heavy atom. The van der Waals surface area contributed by atoms with Crippen molar-refractivity contribution in [1.29, 1.82) is 0 Å². The molecule has 1 fully saturated rings. The van der Waals surface area contributed by atoms with Crippen molar-refractivity contribution in [2.24, 2.45) is 11.7 Å². The lowest BCUT2D eigenvalue weighted by Crippen LogP contribution is -2.59. The number of unbranched alkanes of at least 4 members (excludes halogenated alkanes) is 1. The second-order valence-electron chi connectivity index (χ2n) is 12.6. The van der Waals surface area contributed by atoms with E-state index < -0.39 is 41.9 Å². The third-order valence-electron chi connectivity index (χ3n) is 8.90. The number of thiazole rings is 1. The molecule has 0 bridgehead atoms. The molecule has 0 spiro atoms. The zero-order valence-corrected chi connectivity index (χ0v) is 30.6. The molecule has 1 aliphatic heterocycles. The zero-order valence-electron chi connectivity index (χ0n) is 29.1. The van der Waals surface area contributed by atoms with E-state index in [2.05, 4.69) is 36.2 Å². The van der Waals surface area contributed by atoms with E-state index >= 15 is 0 Å². The van der Waals surface area contributed by atoms with Gasteiger partial charge in [0.2, 0.25) is 23.6 Å². The molecule has 13 nitrogen and oxygen atoms in total. The number of nitrogens with one attached hydrogen (secondary N) is 4. The van der Waals surface area contributed by atoms with Crippen LogP contribution in [-0.4, -0.2) is 76.5 Å². The van der Waals surface area contributed by atoms with Gasteiger partial charge in [-0.15, -0.1) is 11.3 Å². The molecule has 0 saturated carbocycles. The van der Waals surface area contributed by atoms with Crippen LogP contribution in [0.4, 0.5) is 0 Å². The predicted octanol–water partition coefficient (Wildman–Crippen LogP) is 3.61. The summed E-state index contributed by atoms with van der Waals surface area (Å²) < 4.78 is 6.43. The van der Waals surface area contributed by atoms with Crippen LogP contribution in [0.25, 0.3) is 10.2 Å². The fourth-order valence-electron chi connectivity index (χ4n) is 6.07. The van der Waals surface area contributed by atoms with Gasteiger partial charge in [-0.2, -0.15) is 0 Å². The molecule has 276 valence electrons. The SMILES string of the molecule is CCC(=O)N[C@@H](Cc1nc2ccc(Cl)cc2s1)C(=O)N[C@H](C(=O)N[C@@H](CCCCN)C(=O)NC(c1ccccn1)c1ccccn1)C1CCOCC1. The van der Waals surface area contributed by atoms with E-state index in [1.807, 2.05) is 12.1 Å². The summed E-state index contributed by atoms with van der Waals surface area (Å²) in [6, 6.07) is 12.6. The largest absolute Gasteiger partial charge is 0.381 e. The van der Waals surface area contributed by atoms with E-state index in [9.17, 15) is 19.2 Å². The van der Waals surface area contributed by atoms with Gasteiger partial charge in [0.1, 0.15) is 24.2 Å². The zero-order chi connectivity index (χ0) is 36.9. The number of carbonyl (C=O) groups excluding carboxylic acids is 4. The number of ether oxygens (including phenoxy) is 1. The van der Waals surface area contributed by atoms with Crippen LogP contribution in [-0.2, 0) is 30.3 Å². The topological polar surface area (TPSA) is 190 Å². The normalized spacial score (nSPS) is 15.1. The monoisotopic (exact) mass is 748 g/mol. The number of amides is 4. The Morgan fingerprint density at radius 2 is 1.58 bits per heavy atom. The molecule has 6 N–H and O–H groups in total. The van der Waals surface area contributed by atoms with Crippen molar-refractivity contribution in [3.05, 3.63) is 88.4 Å². The molecule has 52 heavy (non-hydrogen) atoms. The van der Waals surface area contributed by atoms with Crippen molar-refractivity contribution < 1.29 is 23.9 Å². The summed E-state index contributed by atoms with van der Waals surface area (Å²) in [6.07, 6.45) is 6.16. The molecule has 3 aromatic heterocycles. The van der Waals surface area contributed by atoms with Gasteiger partial charge in [-0.25, -0.2) is 4.98 Å². The van der Waals surface area contributed by atoms with E-state index in [1.54, 1.807) is 61.8 Å². The van der Waals surface area contributed by atoms with Gasteiger partial charge < -0.3 is 31.7 Å². The average molecular weight is 749 g/mol. The number of hydrogen-bond acceptors (Lipinski definition) is 10. The first-order valence-electron chi connectivity index (χ1n) is 17.6. The van der Waals surface area contributed by atoms with Gasteiger partial charge in [-0.1, -0.05) is 30.7 Å². The highest BCUT2D eigenvalue weighted by molar-refractivity contribution is 7.18. The summed E-state index contributed by atoms with van der Waals surface area (Å²) in [7, 11) is 0. The third-order valence-corrected chi connectivity index (χ3v) is 10.2. The maximum absolute atomic E-state index is 14.3. The van der Waals surface area contributed by atoms with Crippen molar-refractivity contribution in [3.63, 3.8) is 0 Å². The minimum absolute atomic E-state index is 0.114. The van der Waals surface area contributed by atoms with Crippen LogP contribution in [0.2, 0.25) is 5.02 Å². The molecule has 4 amide bonds. The summed E-state index contributed by atoms with van der Waals surface area (Å²) in [5.41, 5.74) is 7.69. The highest BCUT2D eigenvalue weighted by Crippen LogP contribution is 2.27. The highest BCUT2D eigenvalue weighted by Gasteiger charge is 2.36. The van der Waals surface area contributed by atoms with E-state index in [1.165, 1.54) is 11.3 Å². The van der Waals surface area contributed by atoms with Gasteiger partial charge in [0.15, 0.2) is 0 Å². The number of pyridine rings is 2. The molecule has 0 unspecified atom stereocenters. The summed E-state index contributed by atoms with van der Waals surface area (Å²) >= 11 is 7.56. The second kappa shape index (κ2) is 19.4. The second-order valence-corrected chi connectivity index (χ2v) is 14.2. The summed E-state index contributed by atoms with van der Waals surface area (Å²) in [5.74, 6) is -2.04. The Labute approximate surface area is 311 Å². The van der Waals surface area contributed by atoms with E-state index in [4.69, 9.17) is 22.1 Å². The van der Waals surface area contributed by atoms with Gasteiger partial charge in [0.05, 0.1) is 26.6 Å². The number of rotatable bonds is 17. The van der Waals surface area contributed by atoms with Crippen LogP contribution in [0.5, 0.6) is 0 Å². The molecule has 4 aromatic rings. The number of carbonyl (C=O) groups is 4. The van der Waals surface area contributed by atoms with Gasteiger partial charge in [0.25, 0.3) is 0 Å². The first kappa shape index (κ1) is 38.7. The first-order valence-corrected chi connectivity index (χ1v) is 18.8. The Bertz CT molecular complexity index is 1750. The standard InChI is InChI=1S/C37H45ClN8O5S/c1-2-31(47)42-29(22-32-43-25-13-12-24(38)21-30(25)52-32)36(49)45-33(23-14-19-51-20-15-23)37(50)44-28(11-3-6-16-39)35(48)46-34(26-9-4-7-17-40-26)27-10-5-8-18-41-27/h4-5,7-10,12-13,17-18,21,23,28-29,33-34H,2-3,6,11,14-16,19-20,22,39H2,1H3,(H,42,47)(H,44,50)(H,45,49)(H,46,48)/t28-,29-,33-/m0/s1. The molecule has 4 heterocycles. The molecule has 1 saturated heterocycles. The van der Waals surface area contributed by atoms with Crippen molar-refractivity contribution >= 4 is 56.8 Å². The van der Waals surface area contributed by atoms with Crippen LogP contribution < -0.4 is 27.0 Å². The lowest BCUT2D eigenvalue weighted by atomic mass is 9.90. The van der Waals surface area contributed by atoms with Crippen LogP contribution in [0.1, 0.15) is 67.9 Å². The highest BCUT2D eigenvalue weighted by atomic mass is 35.5. The summed E-state index contributed by atoms with van der Waals surface area (Å²) in [4.78, 5) is 68.5. The minimum Gasteiger partial charge on any atom is -0.381 e. The molecule has 1 aromatic carbocycles. The Morgan fingerprint density at radius 1 is 0.885 bits per heavy atom. The molecule has 5 rings (SSSR count). The number of aromatic nitrogens is 3. The van der Waals surface area contributed by atoms with Crippen LogP contribution in [0.15, 0.2) is 67.0 Å². The quantitative estimate of drug-likeness (QED) is 0.101. The van der Waals surface area contributed by atoms with E-state index in [0.717, 1.165) is 10.2 Å². The van der Waals surface area contributed by atoms with Crippen molar-refractivity contribution in [3.8, 4) is 0 Å². The van der Waals surface area contributed by atoms with Crippen LogP contribution >= 0.6 is 22.9 Å². The number of hydrogen-bond donors (Lipinski definition) is 5. The maximum Gasteiger partial charge on any atom is 0.243 e. The lowest BCUT2D eigenvalue weighted by molar-refractivity contribution is -0.135. The minimum atomic E-state index is -1.00. The lowest BCUT2D eigenvalue weighted by Gasteiger charge is -2.32. The number of nitrogens with zero attached hydrogens (tertiary/aromatic N) is 3. The third kappa shape index (κ3) is 10.8. The van der Waals surface area contributed by atoms with Gasteiger partial charge in [0, 0.05) is 43.5 Å². The Kier molecular flexibility index (Phi) is 14.4. The van der Waals surface area contributed by atoms with Crippen molar-refractivity contribution in [1.82, 2.24) is 36.2 Å². The molecular weight excluding hydrogens is 704 g/mol. The Balaban J connectivity index is 1.37. The first-order chi connectivity index (χ1) is 25.2. The average Bonchev–Trinajstić information content (AvgIpc) is 3.57. The molecule has 0 radical (unpaired) electrons. The van der Waals surface area contributed by atoms with Crippen molar-refractivity contribution in [2.75, 3.05) is 19.8 Å². The predicted molar refractivity (Wildman–Crippen MR) is 199 cm³/mol. The smallest absolute Gasteiger partial charge is 0.243 e. The van der Waals surface area contributed by atoms with Crippen molar-refractivity contribution in [2.45, 2.75) is 76.0 Å². The Hall–Kier alpha value is -4.50. The molecule has 15 heteroatoms. The summed E-state index contributed by atoms with van der Waals surface area (Å²) in [5, 5.41) is 13.0. The number of nitrogens with two attached hydrogens (primary N) is 1. The fraction of sp³-hybridized carbons (Fsp3) is 0.432. The van der Waals surface area contributed by atoms with Crippen LogP contribution in [0, 0.1) is 5.92 Å². The van der Waals surface area contributed by atoms with Gasteiger partial charge >= 0.3 is 0 Å². The molecular formula is C37H45ClN8O5S. The van der Waals surface area contributed by atoms with E-state index in [0.29, 0.717) is 73.3 Å². The molecule has 0 aliphatic carbocycles. The number of fused-ring (bicyclic) bond motifs is 1. The van der Waals surface area contributed by atoms with Gasteiger partial charge in [-0.3, -0.25) is 29.1 Å².